The molecule has 1 aromatic carbocycles. The highest BCUT2D eigenvalue weighted by Crippen LogP contribution is 2.39. The van der Waals surface area contributed by atoms with Crippen LogP contribution in [0.3, 0.4) is 0 Å². The molecule has 2 unspecified atom stereocenters. The van der Waals surface area contributed by atoms with E-state index in [9.17, 15) is 9.59 Å². The highest BCUT2D eigenvalue weighted by atomic mass is 16.2. The summed E-state index contributed by atoms with van der Waals surface area (Å²) in [5, 5.41) is 14.4. The molecular formula is C16H20N4O2. The van der Waals surface area contributed by atoms with Gasteiger partial charge in [0.1, 0.15) is 0 Å². The van der Waals surface area contributed by atoms with Crippen molar-refractivity contribution in [1.82, 2.24) is 10.2 Å². The van der Waals surface area contributed by atoms with Gasteiger partial charge in [-0.15, -0.1) is 0 Å². The molecule has 1 aliphatic rings. The number of nitrogens with zero attached hydrogens (tertiary/aromatic N) is 2. The second kappa shape index (κ2) is 7.05. The van der Waals surface area contributed by atoms with Crippen molar-refractivity contribution in [1.29, 1.82) is 5.26 Å². The maximum Gasteiger partial charge on any atom is 0.228 e. The molecule has 6 nitrogen and oxygen atoms in total. The zero-order valence-corrected chi connectivity index (χ0v) is 12.8. The molecule has 1 aliphatic carbocycles. The molecule has 0 aromatic heterocycles. The first kappa shape index (κ1) is 16.0. The van der Waals surface area contributed by atoms with Gasteiger partial charge in [0, 0.05) is 18.8 Å². The zero-order chi connectivity index (χ0) is 16.1. The number of nitriles is 1. The normalized spacial score (nSPS) is 19.4. The van der Waals surface area contributed by atoms with Crippen molar-refractivity contribution in [2.75, 3.05) is 32.5 Å². The maximum absolute atomic E-state index is 12.1. The summed E-state index contributed by atoms with van der Waals surface area (Å²) in [7, 11) is 3.88. The van der Waals surface area contributed by atoms with E-state index < -0.39 is 0 Å². The summed E-state index contributed by atoms with van der Waals surface area (Å²) >= 11 is 0. The van der Waals surface area contributed by atoms with Gasteiger partial charge in [-0.2, -0.15) is 5.26 Å². The van der Waals surface area contributed by atoms with Crippen molar-refractivity contribution in [3.8, 4) is 6.07 Å². The number of anilines is 1. The number of rotatable bonds is 6. The van der Waals surface area contributed by atoms with Crippen LogP contribution in [0.5, 0.6) is 0 Å². The van der Waals surface area contributed by atoms with E-state index >= 15 is 0 Å². The van der Waals surface area contributed by atoms with Crippen LogP contribution in [0.4, 0.5) is 5.69 Å². The minimum absolute atomic E-state index is 0.0622. The first-order chi connectivity index (χ1) is 10.5. The first-order valence-corrected chi connectivity index (χ1v) is 7.24. The highest BCUT2D eigenvalue weighted by Gasteiger charge is 2.47. The van der Waals surface area contributed by atoms with Gasteiger partial charge in [0.15, 0.2) is 0 Å². The second-order valence-corrected chi connectivity index (χ2v) is 5.72. The van der Waals surface area contributed by atoms with Gasteiger partial charge in [-0.1, -0.05) is 6.07 Å². The summed E-state index contributed by atoms with van der Waals surface area (Å²) in [5.41, 5.74) is 1.08. The minimum atomic E-state index is -0.273. The zero-order valence-electron chi connectivity index (χ0n) is 12.8. The van der Waals surface area contributed by atoms with E-state index in [1.54, 1.807) is 24.3 Å². The molecule has 6 heteroatoms. The Morgan fingerprint density at radius 1 is 1.32 bits per heavy atom. The van der Waals surface area contributed by atoms with Gasteiger partial charge in [0.25, 0.3) is 0 Å². The molecule has 2 amide bonds. The van der Waals surface area contributed by atoms with E-state index in [4.69, 9.17) is 5.26 Å². The van der Waals surface area contributed by atoms with Crippen LogP contribution in [-0.2, 0) is 9.59 Å². The van der Waals surface area contributed by atoms with Crippen LogP contribution in [0.15, 0.2) is 24.3 Å². The van der Waals surface area contributed by atoms with Crippen molar-refractivity contribution < 1.29 is 9.59 Å². The fourth-order valence-corrected chi connectivity index (χ4v) is 2.21. The predicted octanol–water partition coefficient (Wildman–Crippen LogP) is 0.811. The van der Waals surface area contributed by atoms with Crippen molar-refractivity contribution in [3.05, 3.63) is 29.8 Å². The van der Waals surface area contributed by atoms with Gasteiger partial charge in [-0.05, 0) is 38.7 Å². The number of likely N-dealkylation sites (N-methyl/N-ethyl adjacent to an activating group) is 1. The highest BCUT2D eigenvalue weighted by molar-refractivity contribution is 5.99. The summed E-state index contributed by atoms with van der Waals surface area (Å²) in [6.07, 6.45) is 0.581. The average Bonchev–Trinajstić information content (AvgIpc) is 3.27. The van der Waals surface area contributed by atoms with Gasteiger partial charge in [-0.25, -0.2) is 0 Å². The lowest BCUT2D eigenvalue weighted by Crippen LogP contribution is -2.33. The monoisotopic (exact) mass is 300 g/mol. The van der Waals surface area contributed by atoms with Gasteiger partial charge in [-0.3, -0.25) is 9.59 Å². The van der Waals surface area contributed by atoms with Gasteiger partial charge < -0.3 is 15.5 Å². The van der Waals surface area contributed by atoms with Crippen LogP contribution >= 0.6 is 0 Å². The molecule has 0 aliphatic heterocycles. The number of benzene rings is 1. The van der Waals surface area contributed by atoms with Gasteiger partial charge in [0.05, 0.1) is 23.5 Å². The third-order valence-electron chi connectivity index (χ3n) is 3.58. The molecule has 0 saturated heterocycles. The average molecular weight is 300 g/mol. The summed E-state index contributed by atoms with van der Waals surface area (Å²) in [5.74, 6) is -0.734. The SMILES string of the molecule is CN(C)CCNC(=O)C1CC1C(=O)Nc1cccc(C#N)c1. The van der Waals surface area contributed by atoms with E-state index in [0.717, 1.165) is 6.54 Å². The van der Waals surface area contributed by atoms with E-state index in [1.807, 2.05) is 25.1 Å². The second-order valence-electron chi connectivity index (χ2n) is 5.72. The molecule has 1 fully saturated rings. The van der Waals surface area contributed by atoms with Crippen LogP contribution in [0.25, 0.3) is 0 Å². The molecule has 1 saturated carbocycles. The smallest absolute Gasteiger partial charge is 0.228 e. The molecule has 0 bridgehead atoms. The topological polar surface area (TPSA) is 85.2 Å². The number of amides is 2. The quantitative estimate of drug-likeness (QED) is 0.814. The number of carbonyl (C=O) groups excluding carboxylic acids is 2. The molecule has 1 aromatic rings. The van der Waals surface area contributed by atoms with Crippen molar-refractivity contribution in [2.24, 2.45) is 11.8 Å². The third-order valence-corrected chi connectivity index (χ3v) is 3.58. The van der Waals surface area contributed by atoms with Crippen LogP contribution in [0, 0.1) is 23.2 Å². The lowest BCUT2D eigenvalue weighted by atomic mass is 10.2. The lowest BCUT2D eigenvalue weighted by Gasteiger charge is -2.10. The molecule has 116 valence electrons. The molecule has 2 atom stereocenters. The Hall–Kier alpha value is -2.39. The van der Waals surface area contributed by atoms with Crippen molar-refractivity contribution >= 4 is 17.5 Å². The van der Waals surface area contributed by atoms with E-state index in [-0.39, 0.29) is 23.7 Å². The van der Waals surface area contributed by atoms with E-state index in [0.29, 0.717) is 24.2 Å². The standard InChI is InChI=1S/C16H20N4O2/c1-20(2)7-6-18-15(21)13-9-14(13)16(22)19-12-5-3-4-11(8-12)10-17/h3-5,8,13-14H,6-7,9H2,1-2H3,(H,18,21)(H,19,22). The Morgan fingerprint density at radius 3 is 2.73 bits per heavy atom. The molecule has 2 rings (SSSR count). The van der Waals surface area contributed by atoms with Gasteiger partial charge in [0.2, 0.25) is 11.8 Å². The van der Waals surface area contributed by atoms with Crippen molar-refractivity contribution in [2.45, 2.75) is 6.42 Å². The van der Waals surface area contributed by atoms with Crippen LogP contribution in [-0.4, -0.2) is 43.9 Å². The molecule has 22 heavy (non-hydrogen) atoms. The van der Waals surface area contributed by atoms with E-state index in [2.05, 4.69) is 10.6 Å². The number of nitrogens with one attached hydrogen (secondary N) is 2. The first-order valence-electron chi connectivity index (χ1n) is 7.24. The fourth-order valence-electron chi connectivity index (χ4n) is 2.21. The Bertz CT molecular complexity index is 606. The Kier molecular flexibility index (Phi) is 5.12. The maximum atomic E-state index is 12.1. The van der Waals surface area contributed by atoms with Crippen LogP contribution in [0.2, 0.25) is 0 Å². The van der Waals surface area contributed by atoms with Crippen LogP contribution < -0.4 is 10.6 Å². The Labute approximate surface area is 130 Å². The summed E-state index contributed by atoms with van der Waals surface area (Å²) < 4.78 is 0. The molecule has 2 N–H and O–H groups in total. The predicted molar refractivity (Wildman–Crippen MR) is 82.9 cm³/mol. The third kappa shape index (κ3) is 4.30. The summed E-state index contributed by atoms with van der Waals surface area (Å²) in [6, 6.07) is 8.76. The van der Waals surface area contributed by atoms with Crippen LogP contribution in [0.1, 0.15) is 12.0 Å². The van der Waals surface area contributed by atoms with Gasteiger partial charge >= 0.3 is 0 Å². The fraction of sp³-hybridized carbons (Fsp3) is 0.438. The number of hydrogen-bond donors (Lipinski definition) is 2. The molecule has 0 heterocycles. The summed E-state index contributed by atoms with van der Waals surface area (Å²) in [6.45, 7) is 1.36. The molecular weight excluding hydrogens is 280 g/mol. The Balaban J connectivity index is 1.80. The van der Waals surface area contributed by atoms with Crippen molar-refractivity contribution in [3.63, 3.8) is 0 Å². The minimum Gasteiger partial charge on any atom is -0.355 e. The Morgan fingerprint density at radius 2 is 2.05 bits per heavy atom. The largest absolute Gasteiger partial charge is 0.355 e. The molecule has 0 spiro atoms. The van der Waals surface area contributed by atoms with E-state index in [1.165, 1.54) is 0 Å². The summed E-state index contributed by atoms with van der Waals surface area (Å²) in [4.78, 5) is 26.0. The number of hydrogen-bond acceptors (Lipinski definition) is 4. The molecule has 0 radical (unpaired) electrons. The number of carbonyl (C=O) groups is 2. The lowest BCUT2D eigenvalue weighted by molar-refractivity contribution is -0.125.